The Balaban J connectivity index is 2.80. The maximum Gasteiger partial charge on any atom is 0.255 e. The van der Waals surface area contributed by atoms with Gasteiger partial charge in [0.25, 0.3) is 5.91 Å². The molecule has 0 N–H and O–H groups in total. The average molecular weight is 255 g/mol. The second-order valence-electron chi connectivity index (χ2n) is 4.75. The van der Waals surface area contributed by atoms with E-state index in [1.54, 1.807) is 17.2 Å². The molecule has 0 saturated carbocycles. The molecule has 3 nitrogen and oxygen atoms in total. The van der Waals surface area contributed by atoms with Gasteiger partial charge in [-0.3, -0.25) is 9.78 Å². The van der Waals surface area contributed by atoms with Crippen LogP contribution in [0.1, 0.15) is 37.6 Å². The fourth-order valence-corrected chi connectivity index (χ4v) is 1.98. The number of hydrogen-bond acceptors (Lipinski definition) is 2. The third-order valence-corrected chi connectivity index (χ3v) is 3.10. The molecule has 0 aliphatic rings. The molecule has 1 amide bonds. The van der Waals surface area contributed by atoms with E-state index in [4.69, 9.17) is 11.6 Å². The van der Waals surface area contributed by atoms with Gasteiger partial charge < -0.3 is 4.90 Å². The highest BCUT2D eigenvalue weighted by atomic mass is 35.5. The molecule has 0 bridgehead atoms. The number of pyridine rings is 1. The van der Waals surface area contributed by atoms with Crippen molar-refractivity contribution in [3.8, 4) is 0 Å². The van der Waals surface area contributed by atoms with Gasteiger partial charge in [0, 0.05) is 25.5 Å². The highest BCUT2D eigenvalue weighted by Gasteiger charge is 2.20. The summed E-state index contributed by atoms with van der Waals surface area (Å²) in [6, 6.07) is 1.86. The van der Waals surface area contributed by atoms with Gasteiger partial charge in [0.2, 0.25) is 0 Å². The molecule has 0 aliphatic heterocycles. The highest BCUT2D eigenvalue weighted by Crippen LogP contribution is 2.18. The summed E-state index contributed by atoms with van der Waals surface area (Å²) < 4.78 is 0. The molecule has 0 aliphatic carbocycles. The van der Waals surface area contributed by atoms with E-state index < -0.39 is 0 Å². The number of carbonyl (C=O) groups excluding carboxylic acids is 1. The van der Waals surface area contributed by atoms with Crippen LogP contribution < -0.4 is 0 Å². The van der Waals surface area contributed by atoms with Gasteiger partial charge in [-0.25, -0.2) is 0 Å². The number of aromatic nitrogens is 1. The van der Waals surface area contributed by atoms with Crippen molar-refractivity contribution in [1.29, 1.82) is 0 Å². The Morgan fingerprint density at radius 2 is 2.12 bits per heavy atom. The molecule has 0 spiro atoms. The number of halogens is 1. The van der Waals surface area contributed by atoms with Crippen LogP contribution in [0.2, 0.25) is 5.02 Å². The van der Waals surface area contributed by atoms with Crippen molar-refractivity contribution in [3.63, 3.8) is 0 Å². The Kier molecular flexibility index (Phi) is 4.94. The van der Waals surface area contributed by atoms with Gasteiger partial charge in [-0.2, -0.15) is 0 Å². The summed E-state index contributed by atoms with van der Waals surface area (Å²) in [5.74, 6) is 0.513. The van der Waals surface area contributed by atoms with Crippen molar-refractivity contribution in [2.75, 3.05) is 7.05 Å². The molecular weight excluding hydrogens is 236 g/mol. The van der Waals surface area contributed by atoms with Crippen molar-refractivity contribution in [2.45, 2.75) is 33.2 Å². The lowest BCUT2D eigenvalue weighted by Gasteiger charge is -2.26. The summed E-state index contributed by atoms with van der Waals surface area (Å²) in [5, 5.41) is 0.404. The van der Waals surface area contributed by atoms with Crippen LogP contribution in [-0.2, 0) is 0 Å². The lowest BCUT2D eigenvalue weighted by Crippen LogP contribution is -2.36. The molecule has 0 fully saturated rings. The van der Waals surface area contributed by atoms with Crippen molar-refractivity contribution in [1.82, 2.24) is 9.88 Å². The van der Waals surface area contributed by atoms with Gasteiger partial charge in [0.1, 0.15) is 0 Å². The molecular formula is C13H19ClN2O. The summed E-state index contributed by atoms with van der Waals surface area (Å²) in [4.78, 5) is 17.8. The molecule has 0 saturated heterocycles. The Labute approximate surface area is 108 Å². The fourth-order valence-electron chi connectivity index (χ4n) is 1.78. The zero-order chi connectivity index (χ0) is 13.0. The summed E-state index contributed by atoms with van der Waals surface area (Å²) in [5.41, 5.74) is 0.514. The van der Waals surface area contributed by atoms with E-state index in [0.717, 1.165) is 6.42 Å². The molecule has 1 heterocycles. The number of hydrogen-bond donors (Lipinski definition) is 0. The van der Waals surface area contributed by atoms with Crippen LogP contribution in [0.15, 0.2) is 18.5 Å². The van der Waals surface area contributed by atoms with Crippen LogP contribution in [0.5, 0.6) is 0 Å². The van der Waals surface area contributed by atoms with Crippen LogP contribution in [0.4, 0.5) is 0 Å². The van der Waals surface area contributed by atoms with Crippen molar-refractivity contribution < 1.29 is 4.79 Å². The Morgan fingerprint density at radius 1 is 1.47 bits per heavy atom. The quantitative estimate of drug-likeness (QED) is 0.827. The van der Waals surface area contributed by atoms with Gasteiger partial charge in [0.05, 0.1) is 10.6 Å². The first-order chi connectivity index (χ1) is 7.93. The minimum atomic E-state index is -0.0504. The summed E-state index contributed by atoms with van der Waals surface area (Å²) in [7, 11) is 1.81. The lowest BCUT2D eigenvalue weighted by molar-refractivity contribution is 0.0728. The predicted octanol–water partition coefficient (Wildman–Crippen LogP) is 3.24. The Hall–Kier alpha value is -1.09. The highest BCUT2D eigenvalue weighted by molar-refractivity contribution is 6.33. The van der Waals surface area contributed by atoms with Gasteiger partial charge in [-0.15, -0.1) is 0 Å². The monoisotopic (exact) mass is 254 g/mol. The van der Waals surface area contributed by atoms with E-state index in [0.29, 0.717) is 16.5 Å². The van der Waals surface area contributed by atoms with Crippen LogP contribution in [0.3, 0.4) is 0 Å². The Morgan fingerprint density at radius 3 is 2.65 bits per heavy atom. The van der Waals surface area contributed by atoms with E-state index in [1.165, 1.54) is 6.20 Å². The molecule has 1 unspecified atom stereocenters. The fraction of sp³-hybridized carbons (Fsp3) is 0.538. The minimum Gasteiger partial charge on any atom is -0.339 e. The number of rotatable bonds is 4. The molecule has 1 rings (SSSR count). The van der Waals surface area contributed by atoms with Gasteiger partial charge in [0.15, 0.2) is 0 Å². The van der Waals surface area contributed by atoms with Gasteiger partial charge in [-0.05, 0) is 25.3 Å². The normalized spacial score (nSPS) is 12.6. The molecule has 0 aromatic carbocycles. The van der Waals surface area contributed by atoms with Crippen LogP contribution in [0.25, 0.3) is 0 Å². The van der Waals surface area contributed by atoms with Crippen molar-refractivity contribution in [2.24, 2.45) is 5.92 Å². The van der Waals surface area contributed by atoms with Gasteiger partial charge in [-0.1, -0.05) is 25.4 Å². The largest absolute Gasteiger partial charge is 0.339 e. The minimum absolute atomic E-state index is 0.0504. The summed E-state index contributed by atoms with van der Waals surface area (Å²) in [6.45, 7) is 6.34. The molecule has 0 radical (unpaired) electrons. The van der Waals surface area contributed by atoms with Crippen LogP contribution >= 0.6 is 11.6 Å². The summed E-state index contributed by atoms with van der Waals surface area (Å²) in [6.07, 6.45) is 4.06. The van der Waals surface area contributed by atoms with Crippen LogP contribution in [-0.4, -0.2) is 28.9 Å². The first kappa shape index (κ1) is 14.0. The molecule has 1 atom stereocenters. The van der Waals surface area contributed by atoms with Gasteiger partial charge >= 0.3 is 0 Å². The standard InChI is InChI=1S/C13H19ClN2O/c1-9(2)7-10(3)16(4)13(17)11-5-6-15-8-12(11)14/h5-6,8-10H,7H2,1-4H3. The van der Waals surface area contributed by atoms with E-state index in [1.807, 2.05) is 14.0 Å². The van der Waals surface area contributed by atoms with Crippen molar-refractivity contribution >= 4 is 17.5 Å². The SMILES string of the molecule is CC(C)CC(C)N(C)C(=O)c1ccncc1Cl. The van der Waals surface area contributed by atoms with Crippen molar-refractivity contribution in [3.05, 3.63) is 29.0 Å². The smallest absolute Gasteiger partial charge is 0.255 e. The van der Waals surface area contributed by atoms with Crippen LogP contribution in [0, 0.1) is 5.92 Å². The Bertz CT molecular complexity index is 393. The van der Waals surface area contributed by atoms with E-state index in [9.17, 15) is 4.79 Å². The molecule has 1 aromatic rings. The van der Waals surface area contributed by atoms with E-state index in [-0.39, 0.29) is 11.9 Å². The third-order valence-electron chi connectivity index (χ3n) is 2.80. The molecule has 4 heteroatoms. The zero-order valence-corrected chi connectivity index (χ0v) is 11.5. The average Bonchev–Trinajstić information content (AvgIpc) is 2.27. The predicted molar refractivity (Wildman–Crippen MR) is 70.3 cm³/mol. The lowest BCUT2D eigenvalue weighted by atomic mass is 10.0. The second kappa shape index (κ2) is 6.01. The van der Waals surface area contributed by atoms with E-state index >= 15 is 0 Å². The topological polar surface area (TPSA) is 33.2 Å². The maximum absolute atomic E-state index is 12.2. The first-order valence-electron chi connectivity index (χ1n) is 5.80. The number of carbonyl (C=O) groups is 1. The first-order valence-corrected chi connectivity index (χ1v) is 6.18. The maximum atomic E-state index is 12.2. The third kappa shape index (κ3) is 3.70. The molecule has 17 heavy (non-hydrogen) atoms. The molecule has 1 aromatic heterocycles. The second-order valence-corrected chi connectivity index (χ2v) is 5.16. The van der Waals surface area contributed by atoms with E-state index in [2.05, 4.69) is 18.8 Å². The number of amides is 1. The molecule has 94 valence electrons. The summed E-state index contributed by atoms with van der Waals surface area (Å²) >= 11 is 5.96. The zero-order valence-electron chi connectivity index (χ0n) is 10.8. The number of nitrogens with zero attached hydrogens (tertiary/aromatic N) is 2.